The van der Waals surface area contributed by atoms with Crippen molar-refractivity contribution in [2.24, 2.45) is 5.10 Å². The molecule has 24 heavy (non-hydrogen) atoms. The SMILES string of the molecule is Cc1ccc(Cl)cc1NC(=O)C(=O)NN=Cc1ccc(Cl)cc1Cl. The zero-order valence-corrected chi connectivity index (χ0v) is 14.7. The number of rotatable bonds is 3. The van der Waals surface area contributed by atoms with Crippen LogP contribution in [0.25, 0.3) is 0 Å². The Morgan fingerprint density at radius 2 is 1.67 bits per heavy atom. The third kappa shape index (κ3) is 4.96. The van der Waals surface area contributed by atoms with E-state index >= 15 is 0 Å². The van der Waals surface area contributed by atoms with Gasteiger partial charge in [0.15, 0.2) is 0 Å². The van der Waals surface area contributed by atoms with Crippen molar-refractivity contribution in [3.8, 4) is 0 Å². The van der Waals surface area contributed by atoms with Crippen molar-refractivity contribution >= 4 is 58.5 Å². The number of anilines is 1. The lowest BCUT2D eigenvalue weighted by Crippen LogP contribution is -2.32. The number of hydrazone groups is 1. The quantitative estimate of drug-likeness (QED) is 0.476. The Kier molecular flexibility index (Phi) is 6.20. The van der Waals surface area contributed by atoms with Crippen LogP contribution in [-0.2, 0) is 9.59 Å². The summed E-state index contributed by atoms with van der Waals surface area (Å²) in [6, 6.07) is 9.78. The van der Waals surface area contributed by atoms with E-state index in [-0.39, 0.29) is 0 Å². The molecular formula is C16H12Cl3N3O2. The van der Waals surface area contributed by atoms with Gasteiger partial charge in [0.25, 0.3) is 0 Å². The Morgan fingerprint density at radius 1 is 1.00 bits per heavy atom. The van der Waals surface area contributed by atoms with E-state index in [2.05, 4.69) is 15.8 Å². The molecule has 0 atom stereocenters. The molecule has 2 amide bonds. The number of benzene rings is 2. The summed E-state index contributed by atoms with van der Waals surface area (Å²) in [4.78, 5) is 23.6. The van der Waals surface area contributed by atoms with Gasteiger partial charge in [0.05, 0.1) is 11.2 Å². The number of carbonyl (C=O) groups is 2. The Labute approximate surface area is 153 Å². The number of aryl methyl sites for hydroxylation is 1. The van der Waals surface area contributed by atoms with E-state index in [1.165, 1.54) is 6.21 Å². The van der Waals surface area contributed by atoms with Crippen LogP contribution in [0.2, 0.25) is 15.1 Å². The molecule has 0 aliphatic rings. The number of hydrogen-bond donors (Lipinski definition) is 2. The van der Waals surface area contributed by atoms with E-state index in [0.29, 0.717) is 26.3 Å². The predicted octanol–water partition coefficient (Wildman–Crippen LogP) is 4.04. The monoisotopic (exact) mass is 383 g/mol. The van der Waals surface area contributed by atoms with Crippen LogP contribution in [0.15, 0.2) is 41.5 Å². The van der Waals surface area contributed by atoms with Gasteiger partial charge in [-0.05, 0) is 36.8 Å². The summed E-state index contributed by atoms with van der Waals surface area (Å²) in [5.41, 5.74) is 3.90. The summed E-state index contributed by atoms with van der Waals surface area (Å²) >= 11 is 17.6. The summed E-state index contributed by atoms with van der Waals surface area (Å²) < 4.78 is 0. The summed E-state index contributed by atoms with van der Waals surface area (Å²) in [6.45, 7) is 1.78. The van der Waals surface area contributed by atoms with Gasteiger partial charge >= 0.3 is 11.8 Å². The largest absolute Gasteiger partial charge is 0.329 e. The topological polar surface area (TPSA) is 70.6 Å². The first-order valence-electron chi connectivity index (χ1n) is 6.72. The Hall–Kier alpha value is -2.08. The molecule has 0 spiro atoms. The first kappa shape index (κ1) is 18.3. The lowest BCUT2D eigenvalue weighted by molar-refractivity contribution is -0.136. The normalized spacial score (nSPS) is 10.7. The van der Waals surface area contributed by atoms with E-state index in [1.807, 2.05) is 0 Å². The highest BCUT2D eigenvalue weighted by Crippen LogP contribution is 2.20. The standard InChI is InChI=1S/C16H12Cl3N3O2/c1-9-2-4-12(18)7-14(9)21-15(23)16(24)22-20-8-10-3-5-11(17)6-13(10)19/h2-8H,1H3,(H,21,23)(H,22,24). The van der Waals surface area contributed by atoms with Gasteiger partial charge in [-0.15, -0.1) is 0 Å². The summed E-state index contributed by atoms with van der Waals surface area (Å²) in [5.74, 6) is -1.78. The molecule has 124 valence electrons. The van der Waals surface area contributed by atoms with Crippen molar-refractivity contribution in [1.29, 1.82) is 0 Å². The van der Waals surface area contributed by atoms with Gasteiger partial charge in [-0.1, -0.05) is 46.9 Å². The third-order valence-electron chi connectivity index (χ3n) is 2.99. The fourth-order valence-electron chi connectivity index (χ4n) is 1.73. The van der Waals surface area contributed by atoms with Crippen molar-refractivity contribution in [2.45, 2.75) is 6.92 Å². The minimum absolute atomic E-state index is 0.375. The van der Waals surface area contributed by atoms with Crippen molar-refractivity contribution in [1.82, 2.24) is 5.43 Å². The van der Waals surface area contributed by atoms with Gasteiger partial charge < -0.3 is 5.32 Å². The third-order valence-corrected chi connectivity index (χ3v) is 3.78. The minimum atomic E-state index is -0.921. The van der Waals surface area contributed by atoms with Crippen molar-refractivity contribution in [3.63, 3.8) is 0 Å². The van der Waals surface area contributed by atoms with E-state index in [4.69, 9.17) is 34.8 Å². The van der Waals surface area contributed by atoms with Crippen LogP contribution < -0.4 is 10.7 Å². The molecule has 0 radical (unpaired) electrons. The van der Waals surface area contributed by atoms with Crippen LogP contribution in [0.3, 0.4) is 0 Å². The number of hydrogen-bond acceptors (Lipinski definition) is 3. The second-order valence-corrected chi connectivity index (χ2v) is 6.06. The van der Waals surface area contributed by atoms with Crippen LogP contribution in [0.4, 0.5) is 5.69 Å². The molecule has 0 saturated carbocycles. The summed E-state index contributed by atoms with van der Waals surface area (Å²) in [5, 5.41) is 7.47. The van der Waals surface area contributed by atoms with Crippen molar-refractivity contribution in [2.75, 3.05) is 5.32 Å². The molecule has 0 fully saturated rings. The molecule has 0 bridgehead atoms. The minimum Gasteiger partial charge on any atom is -0.317 e. The van der Waals surface area contributed by atoms with Crippen molar-refractivity contribution in [3.05, 3.63) is 62.6 Å². The molecular weight excluding hydrogens is 373 g/mol. The number of carbonyl (C=O) groups excluding carboxylic acids is 2. The highest BCUT2D eigenvalue weighted by molar-refractivity contribution is 6.40. The van der Waals surface area contributed by atoms with Crippen LogP contribution in [0, 0.1) is 6.92 Å². The molecule has 0 saturated heterocycles. The first-order valence-corrected chi connectivity index (χ1v) is 7.86. The first-order chi connectivity index (χ1) is 11.4. The van der Waals surface area contributed by atoms with Gasteiger partial charge in [0.1, 0.15) is 0 Å². The average Bonchev–Trinajstić information content (AvgIpc) is 2.52. The molecule has 8 heteroatoms. The predicted molar refractivity (Wildman–Crippen MR) is 97.0 cm³/mol. The van der Waals surface area contributed by atoms with E-state index in [1.54, 1.807) is 43.3 Å². The zero-order valence-electron chi connectivity index (χ0n) is 12.4. The highest BCUT2D eigenvalue weighted by atomic mass is 35.5. The van der Waals surface area contributed by atoms with Crippen LogP contribution in [0.5, 0.6) is 0 Å². The van der Waals surface area contributed by atoms with Crippen molar-refractivity contribution < 1.29 is 9.59 Å². The smallest absolute Gasteiger partial charge is 0.317 e. The fourth-order valence-corrected chi connectivity index (χ4v) is 2.35. The molecule has 0 aromatic heterocycles. The lowest BCUT2D eigenvalue weighted by Gasteiger charge is -2.07. The summed E-state index contributed by atoms with van der Waals surface area (Å²) in [7, 11) is 0. The van der Waals surface area contributed by atoms with Gasteiger partial charge in [-0.25, -0.2) is 5.43 Å². The molecule has 0 unspecified atom stereocenters. The number of nitrogens with zero attached hydrogens (tertiary/aromatic N) is 1. The van der Waals surface area contributed by atoms with E-state index < -0.39 is 11.8 Å². The van der Waals surface area contributed by atoms with Gasteiger partial charge in [-0.3, -0.25) is 9.59 Å². The maximum absolute atomic E-state index is 11.8. The van der Waals surface area contributed by atoms with Crippen LogP contribution >= 0.6 is 34.8 Å². The molecule has 0 aliphatic carbocycles. The van der Waals surface area contributed by atoms with Crippen LogP contribution in [-0.4, -0.2) is 18.0 Å². The molecule has 0 heterocycles. The average molecular weight is 385 g/mol. The maximum atomic E-state index is 11.8. The van der Waals surface area contributed by atoms with Crippen LogP contribution in [0.1, 0.15) is 11.1 Å². The molecule has 2 aromatic rings. The summed E-state index contributed by atoms with van der Waals surface area (Å²) in [6.07, 6.45) is 1.31. The van der Waals surface area contributed by atoms with Gasteiger partial charge in [-0.2, -0.15) is 5.10 Å². The molecule has 0 aliphatic heterocycles. The molecule has 5 nitrogen and oxygen atoms in total. The van der Waals surface area contributed by atoms with E-state index in [9.17, 15) is 9.59 Å². The number of halogens is 3. The fraction of sp³-hybridized carbons (Fsp3) is 0.0625. The zero-order chi connectivity index (χ0) is 17.7. The van der Waals surface area contributed by atoms with E-state index in [0.717, 1.165) is 5.56 Å². The molecule has 2 aromatic carbocycles. The second-order valence-electron chi connectivity index (χ2n) is 4.78. The lowest BCUT2D eigenvalue weighted by atomic mass is 10.2. The molecule has 2 rings (SSSR count). The maximum Gasteiger partial charge on any atom is 0.329 e. The Balaban J connectivity index is 1.97. The Bertz CT molecular complexity index is 822. The Morgan fingerprint density at radius 3 is 2.38 bits per heavy atom. The number of nitrogens with one attached hydrogen (secondary N) is 2. The number of amides is 2. The van der Waals surface area contributed by atoms with Gasteiger partial charge in [0, 0.05) is 21.3 Å². The van der Waals surface area contributed by atoms with Gasteiger partial charge in [0.2, 0.25) is 0 Å². The highest BCUT2D eigenvalue weighted by Gasteiger charge is 2.14. The molecule has 2 N–H and O–H groups in total. The second kappa shape index (κ2) is 8.15.